The van der Waals surface area contributed by atoms with Crippen LogP contribution in [0.25, 0.3) is 0 Å². The van der Waals surface area contributed by atoms with Crippen molar-refractivity contribution in [2.24, 2.45) is 0 Å². The molecule has 0 aliphatic carbocycles. The fraction of sp³-hybridized carbons (Fsp3) is 0.214. The van der Waals surface area contributed by atoms with Gasteiger partial charge in [-0.05, 0) is 19.1 Å². The molecule has 0 fully saturated rings. The monoisotopic (exact) mass is 288 g/mol. The standard InChI is InChI=1S/C14H16N4O3/c1-9-3-5-10(6-4-9)16-12(19)8-18-7-11(15)13(17-18)14(20)21-2/h3-7H,8,15H2,1-2H3,(H,16,19). The lowest BCUT2D eigenvalue weighted by Gasteiger charge is -2.05. The molecule has 7 nitrogen and oxygen atoms in total. The summed E-state index contributed by atoms with van der Waals surface area (Å²) in [5, 5.41) is 6.67. The minimum atomic E-state index is -0.634. The van der Waals surface area contributed by atoms with Gasteiger partial charge in [0.1, 0.15) is 6.54 Å². The van der Waals surface area contributed by atoms with E-state index in [1.165, 1.54) is 18.0 Å². The molecule has 0 aliphatic heterocycles. The van der Waals surface area contributed by atoms with Gasteiger partial charge in [0.15, 0.2) is 5.69 Å². The van der Waals surface area contributed by atoms with E-state index in [0.717, 1.165) is 5.56 Å². The first kappa shape index (κ1) is 14.6. The number of methoxy groups -OCH3 is 1. The quantitative estimate of drug-likeness (QED) is 0.823. The highest BCUT2D eigenvalue weighted by Gasteiger charge is 2.16. The van der Waals surface area contributed by atoms with E-state index < -0.39 is 5.97 Å². The number of ether oxygens (including phenoxy) is 1. The Hall–Kier alpha value is -2.83. The highest BCUT2D eigenvalue weighted by atomic mass is 16.5. The van der Waals surface area contributed by atoms with E-state index in [9.17, 15) is 9.59 Å². The van der Waals surface area contributed by atoms with Gasteiger partial charge in [-0.15, -0.1) is 0 Å². The molecule has 2 rings (SSSR count). The van der Waals surface area contributed by atoms with Gasteiger partial charge in [-0.1, -0.05) is 17.7 Å². The van der Waals surface area contributed by atoms with Crippen LogP contribution in [0.5, 0.6) is 0 Å². The zero-order chi connectivity index (χ0) is 15.4. The predicted molar refractivity (Wildman–Crippen MR) is 77.8 cm³/mol. The van der Waals surface area contributed by atoms with E-state index in [0.29, 0.717) is 5.69 Å². The average molecular weight is 288 g/mol. The molecule has 0 saturated carbocycles. The van der Waals surface area contributed by atoms with Crippen molar-refractivity contribution in [1.29, 1.82) is 0 Å². The lowest BCUT2D eigenvalue weighted by Crippen LogP contribution is -2.19. The van der Waals surface area contributed by atoms with E-state index in [-0.39, 0.29) is 23.8 Å². The second kappa shape index (κ2) is 6.08. The Bertz CT molecular complexity index is 661. The third-order valence-electron chi connectivity index (χ3n) is 2.81. The summed E-state index contributed by atoms with van der Waals surface area (Å²) < 4.78 is 5.84. The van der Waals surface area contributed by atoms with Crippen molar-refractivity contribution in [3.63, 3.8) is 0 Å². The summed E-state index contributed by atoms with van der Waals surface area (Å²) in [7, 11) is 1.24. The topological polar surface area (TPSA) is 99.2 Å². The minimum absolute atomic E-state index is 0.000589. The molecule has 0 aliphatic rings. The maximum absolute atomic E-state index is 11.9. The molecule has 0 radical (unpaired) electrons. The van der Waals surface area contributed by atoms with E-state index >= 15 is 0 Å². The molecule has 0 bridgehead atoms. The third kappa shape index (κ3) is 3.59. The van der Waals surface area contributed by atoms with Gasteiger partial charge in [0, 0.05) is 11.9 Å². The Balaban J connectivity index is 2.03. The molecule has 1 heterocycles. The summed E-state index contributed by atoms with van der Waals surface area (Å²) in [5.74, 6) is -0.900. The lowest BCUT2D eigenvalue weighted by atomic mass is 10.2. The smallest absolute Gasteiger partial charge is 0.360 e. The van der Waals surface area contributed by atoms with Crippen LogP contribution in [0.1, 0.15) is 16.1 Å². The molecule has 3 N–H and O–H groups in total. The fourth-order valence-electron chi connectivity index (χ4n) is 1.76. The highest BCUT2D eigenvalue weighted by molar-refractivity contribution is 5.93. The van der Waals surface area contributed by atoms with Crippen LogP contribution in [0.15, 0.2) is 30.5 Å². The minimum Gasteiger partial charge on any atom is -0.464 e. The Kier molecular flexibility index (Phi) is 4.22. The summed E-state index contributed by atoms with van der Waals surface area (Å²) in [6, 6.07) is 7.42. The van der Waals surface area contributed by atoms with Gasteiger partial charge < -0.3 is 15.8 Å². The SMILES string of the molecule is COC(=O)c1nn(CC(=O)Nc2ccc(C)cc2)cc1N. The van der Waals surface area contributed by atoms with Crippen LogP contribution in [-0.2, 0) is 16.1 Å². The number of esters is 1. The molecular weight excluding hydrogens is 272 g/mol. The molecule has 0 unspecified atom stereocenters. The number of hydrogen-bond donors (Lipinski definition) is 2. The van der Waals surface area contributed by atoms with Crippen LogP contribution in [-0.4, -0.2) is 28.8 Å². The van der Waals surface area contributed by atoms with Crippen LogP contribution < -0.4 is 11.1 Å². The molecule has 7 heteroatoms. The summed E-state index contributed by atoms with van der Waals surface area (Å²) in [6.07, 6.45) is 1.42. The van der Waals surface area contributed by atoms with Crippen LogP contribution in [0.2, 0.25) is 0 Å². The predicted octanol–water partition coefficient (Wildman–Crippen LogP) is 1.20. The van der Waals surface area contributed by atoms with Gasteiger partial charge in [-0.2, -0.15) is 5.10 Å². The van der Waals surface area contributed by atoms with Gasteiger partial charge >= 0.3 is 5.97 Å². The van der Waals surface area contributed by atoms with Crippen molar-refractivity contribution in [3.8, 4) is 0 Å². The number of anilines is 2. The molecule has 1 amide bonds. The van der Waals surface area contributed by atoms with Crippen LogP contribution in [0.3, 0.4) is 0 Å². The second-order valence-corrected chi connectivity index (χ2v) is 4.54. The number of hydrogen-bond acceptors (Lipinski definition) is 5. The summed E-state index contributed by atoms with van der Waals surface area (Å²) in [5.41, 5.74) is 7.62. The van der Waals surface area contributed by atoms with Gasteiger partial charge in [-0.25, -0.2) is 4.79 Å². The van der Waals surface area contributed by atoms with Gasteiger partial charge in [-0.3, -0.25) is 9.48 Å². The van der Waals surface area contributed by atoms with Crippen molar-refractivity contribution in [1.82, 2.24) is 9.78 Å². The lowest BCUT2D eigenvalue weighted by molar-refractivity contribution is -0.116. The molecule has 1 aromatic carbocycles. The number of aromatic nitrogens is 2. The second-order valence-electron chi connectivity index (χ2n) is 4.54. The first-order chi connectivity index (χ1) is 9.99. The maximum atomic E-state index is 11.9. The third-order valence-corrected chi connectivity index (χ3v) is 2.81. The van der Waals surface area contributed by atoms with Crippen molar-refractivity contribution >= 4 is 23.3 Å². The molecule has 1 aromatic heterocycles. The Morgan fingerprint density at radius 2 is 2.00 bits per heavy atom. The number of nitrogens with one attached hydrogen (secondary N) is 1. The average Bonchev–Trinajstić information content (AvgIpc) is 2.81. The summed E-state index contributed by atoms with van der Waals surface area (Å²) in [6.45, 7) is 1.92. The number of nitrogens with two attached hydrogens (primary N) is 1. The number of amides is 1. The van der Waals surface area contributed by atoms with Crippen molar-refractivity contribution in [2.75, 3.05) is 18.2 Å². The zero-order valence-corrected chi connectivity index (χ0v) is 11.8. The van der Waals surface area contributed by atoms with E-state index in [1.54, 1.807) is 0 Å². The van der Waals surface area contributed by atoms with E-state index in [1.807, 2.05) is 31.2 Å². The molecule has 110 valence electrons. The zero-order valence-electron chi connectivity index (χ0n) is 11.8. The Morgan fingerprint density at radius 3 is 2.62 bits per heavy atom. The van der Waals surface area contributed by atoms with Gasteiger partial charge in [0.25, 0.3) is 0 Å². The fourth-order valence-corrected chi connectivity index (χ4v) is 1.76. The number of nitrogens with zero attached hydrogens (tertiary/aromatic N) is 2. The molecule has 21 heavy (non-hydrogen) atoms. The number of aryl methyl sites for hydroxylation is 1. The van der Waals surface area contributed by atoms with Gasteiger partial charge in [0.05, 0.1) is 12.8 Å². The van der Waals surface area contributed by atoms with Crippen molar-refractivity contribution in [2.45, 2.75) is 13.5 Å². The largest absolute Gasteiger partial charge is 0.464 e. The first-order valence-electron chi connectivity index (χ1n) is 6.27. The number of carbonyl (C=O) groups is 2. The molecule has 0 spiro atoms. The van der Waals surface area contributed by atoms with Crippen LogP contribution in [0.4, 0.5) is 11.4 Å². The first-order valence-corrected chi connectivity index (χ1v) is 6.27. The molecule has 0 saturated heterocycles. The number of benzene rings is 1. The van der Waals surface area contributed by atoms with Crippen molar-refractivity contribution in [3.05, 3.63) is 41.7 Å². The van der Waals surface area contributed by atoms with Crippen LogP contribution >= 0.6 is 0 Å². The Morgan fingerprint density at radius 1 is 1.33 bits per heavy atom. The molecule has 0 atom stereocenters. The summed E-state index contributed by atoms with van der Waals surface area (Å²) in [4.78, 5) is 23.3. The van der Waals surface area contributed by atoms with Gasteiger partial charge in [0.2, 0.25) is 5.91 Å². The summed E-state index contributed by atoms with van der Waals surface area (Å²) >= 11 is 0. The van der Waals surface area contributed by atoms with E-state index in [2.05, 4.69) is 15.2 Å². The number of nitrogen functional groups attached to an aromatic ring is 1. The molecular formula is C14H16N4O3. The Labute approximate surface area is 121 Å². The highest BCUT2D eigenvalue weighted by Crippen LogP contribution is 2.11. The molecule has 2 aromatic rings. The number of rotatable bonds is 4. The van der Waals surface area contributed by atoms with Crippen LogP contribution in [0, 0.1) is 6.92 Å². The number of carbonyl (C=O) groups excluding carboxylic acids is 2. The normalized spacial score (nSPS) is 10.2. The van der Waals surface area contributed by atoms with E-state index in [4.69, 9.17) is 5.73 Å². The maximum Gasteiger partial charge on any atom is 0.360 e. The van der Waals surface area contributed by atoms with Crippen molar-refractivity contribution < 1.29 is 14.3 Å².